The summed E-state index contributed by atoms with van der Waals surface area (Å²) in [5, 5.41) is 11.9. The second-order valence-corrected chi connectivity index (χ2v) is 5.23. The summed E-state index contributed by atoms with van der Waals surface area (Å²) in [5.41, 5.74) is 0. The van der Waals surface area contributed by atoms with E-state index in [-0.39, 0.29) is 12.0 Å². The summed E-state index contributed by atoms with van der Waals surface area (Å²) < 4.78 is 5.34. The van der Waals surface area contributed by atoms with Crippen LogP contribution in [-0.4, -0.2) is 42.2 Å². The molecule has 0 saturated carbocycles. The Labute approximate surface area is 105 Å². The third kappa shape index (κ3) is 3.06. The van der Waals surface area contributed by atoms with Gasteiger partial charge in [-0.15, -0.1) is 11.3 Å². The number of amides is 1. The Balaban J connectivity index is 1.87. The van der Waals surface area contributed by atoms with Crippen molar-refractivity contribution in [3.63, 3.8) is 0 Å². The number of aliphatic hydroxyl groups is 1. The summed E-state index contributed by atoms with van der Waals surface area (Å²) in [4.78, 5) is 14.4. The molecule has 1 amide bonds. The Kier molecular flexibility index (Phi) is 4.15. The molecule has 1 aromatic heterocycles. The van der Waals surface area contributed by atoms with Crippen LogP contribution in [0.4, 0.5) is 0 Å². The summed E-state index contributed by atoms with van der Waals surface area (Å²) in [7, 11) is 1.71. The van der Waals surface area contributed by atoms with Crippen molar-refractivity contribution in [2.75, 3.05) is 20.2 Å². The molecule has 17 heavy (non-hydrogen) atoms. The predicted octanol–water partition coefficient (Wildman–Crippen LogP) is 1.42. The molecule has 2 heterocycles. The topological polar surface area (TPSA) is 49.8 Å². The zero-order valence-corrected chi connectivity index (χ0v) is 10.7. The molecule has 2 atom stereocenters. The van der Waals surface area contributed by atoms with Crippen LogP contribution in [0.3, 0.4) is 0 Å². The summed E-state index contributed by atoms with van der Waals surface area (Å²) in [6.45, 7) is 0.983. The lowest BCUT2D eigenvalue weighted by Gasteiger charge is -2.22. The van der Waals surface area contributed by atoms with Gasteiger partial charge in [-0.1, -0.05) is 6.07 Å². The molecule has 0 aliphatic carbocycles. The molecule has 1 N–H and O–H groups in total. The van der Waals surface area contributed by atoms with Crippen molar-refractivity contribution < 1.29 is 14.6 Å². The molecule has 0 aromatic carbocycles. The van der Waals surface area contributed by atoms with Gasteiger partial charge in [0.05, 0.1) is 6.54 Å². The number of aliphatic hydroxyl groups excluding tert-OH is 1. The van der Waals surface area contributed by atoms with Gasteiger partial charge in [0.15, 0.2) is 0 Å². The molecule has 2 rings (SSSR count). The van der Waals surface area contributed by atoms with Crippen LogP contribution in [0, 0.1) is 0 Å². The monoisotopic (exact) mass is 255 g/mol. The Bertz CT molecular complexity index is 360. The van der Waals surface area contributed by atoms with Gasteiger partial charge in [-0.2, -0.15) is 0 Å². The van der Waals surface area contributed by atoms with E-state index in [1.165, 1.54) is 11.3 Å². The fourth-order valence-corrected chi connectivity index (χ4v) is 2.64. The van der Waals surface area contributed by atoms with E-state index in [2.05, 4.69) is 0 Å². The standard InChI is InChI=1S/C12H17NO3S/c1-13(12(15)10-4-2-6-16-10)8-9(14)11-5-3-7-17-11/h3,5,7,9-10,14H,2,4,6,8H2,1H3. The van der Waals surface area contributed by atoms with Crippen LogP contribution >= 0.6 is 11.3 Å². The van der Waals surface area contributed by atoms with E-state index in [1.807, 2.05) is 17.5 Å². The van der Waals surface area contributed by atoms with Crippen molar-refractivity contribution in [3.8, 4) is 0 Å². The minimum absolute atomic E-state index is 0.0295. The van der Waals surface area contributed by atoms with Gasteiger partial charge in [-0.3, -0.25) is 4.79 Å². The Morgan fingerprint density at radius 2 is 2.59 bits per heavy atom. The van der Waals surface area contributed by atoms with Gasteiger partial charge in [-0.25, -0.2) is 0 Å². The normalized spacial score (nSPS) is 21.4. The molecule has 1 fully saturated rings. The van der Waals surface area contributed by atoms with Gasteiger partial charge in [0, 0.05) is 18.5 Å². The molecule has 1 aliphatic rings. The van der Waals surface area contributed by atoms with Gasteiger partial charge in [-0.05, 0) is 24.3 Å². The van der Waals surface area contributed by atoms with E-state index in [0.717, 1.165) is 17.7 Å². The van der Waals surface area contributed by atoms with Crippen LogP contribution in [-0.2, 0) is 9.53 Å². The Morgan fingerprint density at radius 1 is 1.76 bits per heavy atom. The molecule has 1 aliphatic heterocycles. The van der Waals surface area contributed by atoms with Crippen molar-refractivity contribution in [3.05, 3.63) is 22.4 Å². The number of likely N-dealkylation sites (N-methyl/N-ethyl adjacent to an activating group) is 1. The molecule has 94 valence electrons. The van der Waals surface area contributed by atoms with E-state index in [1.54, 1.807) is 11.9 Å². The van der Waals surface area contributed by atoms with Crippen molar-refractivity contribution >= 4 is 17.2 Å². The number of hydrogen-bond donors (Lipinski definition) is 1. The van der Waals surface area contributed by atoms with E-state index in [0.29, 0.717) is 13.2 Å². The maximum absolute atomic E-state index is 11.9. The minimum atomic E-state index is -0.606. The Morgan fingerprint density at radius 3 is 3.18 bits per heavy atom. The second kappa shape index (κ2) is 5.62. The predicted molar refractivity (Wildman–Crippen MR) is 65.9 cm³/mol. The lowest BCUT2D eigenvalue weighted by atomic mass is 10.2. The van der Waals surface area contributed by atoms with Gasteiger partial charge in [0.1, 0.15) is 12.2 Å². The lowest BCUT2D eigenvalue weighted by Crippen LogP contribution is -2.38. The van der Waals surface area contributed by atoms with Crippen LogP contribution in [0.25, 0.3) is 0 Å². The van der Waals surface area contributed by atoms with E-state index in [9.17, 15) is 9.90 Å². The first-order valence-corrected chi connectivity index (χ1v) is 6.64. The number of ether oxygens (including phenoxy) is 1. The summed E-state index contributed by atoms with van der Waals surface area (Å²) >= 11 is 1.50. The molecule has 1 aromatic rings. The van der Waals surface area contributed by atoms with Gasteiger partial charge < -0.3 is 14.7 Å². The number of nitrogens with zero attached hydrogens (tertiary/aromatic N) is 1. The quantitative estimate of drug-likeness (QED) is 0.885. The zero-order chi connectivity index (χ0) is 12.3. The first kappa shape index (κ1) is 12.5. The molecule has 4 nitrogen and oxygen atoms in total. The molecule has 2 unspecified atom stereocenters. The number of hydrogen-bond acceptors (Lipinski definition) is 4. The fourth-order valence-electron chi connectivity index (χ4n) is 1.94. The summed E-state index contributed by atoms with van der Waals surface area (Å²) in [5.74, 6) is -0.0295. The molecular formula is C12H17NO3S. The van der Waals surface area contributed by atoms with Crippen molar-refractivity contribution in [2.45, 2.75) is 25.0 Å². The van der Waals surface area contributed by atoms with Gasteiger partial charge in [0.2, 0.25) is 0 Å². The lowest BCUT2D eigenvalue weighted by molar-refractivity contribution is -0.140. The minimum Gasteiger partial charge on any atom is -0.386 e. The van der Waals surface area contributed by atoms with Gasteiger partial charge in [0.25, 0.3) is 5.91 Å². The van der Waals surface area contributed by atoms with E-state index >= 15 is 0 Å². The average molecular weight is 255 g/mol. The van der Waals surface area contributed by atoms with Gasteiger partial charge >= 0.3 is 0 Å². The third-order valence-electron chi connectivity index (χ3n) is 2.90. The summed E-state index contributed by atoms with van der Waals surface area (Å²) in [6, 6.07) is 3.77. The number of thiophene rings is 1. The highest BCUT2D eigenvalue weighted by molar-refractivity contribution is 7.10. The SMILES string of the molecule is CN(CC(O)c1cccs1)C(=O)C1CCCO1. The molecule has 1 saturated heterocycles. The summed E-state index contributed by atoms with van der Waals surface area (Å²) in [6.07, 6.45) is 0.816. The smallest absolute Gasteiger partial charge is 0.251 e. The highest BCUT2D eigenvalue weighted by Gasteiger charge is 2.27. The Hall–Kier alpha value is -0.910. The van der Waals surface area contributed by atoms with E-state index in [4.69, 9.17) is 4.74 Å². The fraction of sp³-hybridized carbons (Fsp3) is 0.583. The van der Waals surface area contributed by atoms with Crippen molar-refractivity contribution in [2.24, 2.45) is 0 Å². The maximum Gasteiger partial charge on any atom is 0.251 e. The van der Waals surface area contributed by atoms with Crippen LogP contribution in [0.15, 0.2) is 17.5 Å². The van der Waals surface area contributed by atoms with Crippen LogP contribution in [0.2, 0.25) is 0 Å². The highest BCUT2D eigenvalue weighted by atomic mass is 32.1. The number of carbonyl (C=O) groups excluding carboxylic acids is 1. The van der Waals surface area contributed by atoms with Crippen LogP contribution < -0.4 is 0 Å². The molecule has 5 heteroatoms. The van der Waals surface area contributed by atoms with Crippen LogP contribution in [0.1, 0.15) is 23.8 Å². The van der Waals surface area contributed by atoms with Crippen LogP contribution in [0.5, 0.6) is 0 Å². The molecular weight excluding hydrogens is 238 g/mol. The number of carbonyl (C=O) groups is 1. The van der Waals surface area contributed by atoms with Crippen molar-refractivity contribution in [1.29, 1.82) is 0 Å². The third-order valence-corrected chi connectivity index (χ3v) is 3.87. The molecule has 0 spiro atoms. The second-order valence-electron chi connectivity index (χ2n) is 4.25. The van der Waals surface area contributed by atoms with Crippen molar-refractivity contribution in [1.82, 2.24) is 4.90 Å². The molecule has 0 bridgehead atoms. The zero-order valence-electron chi connectivity index (χ0n) is 9.83. The first-order valence-electron chi connectivity index (χ1n) is 5.76. The first-order chi connectivity index (χ1) is 8.18. The number of rotatable bonds is 4. The maximum atomic E-state index is 11.9. The molecule has 0 radical (unpaired) electrons. The highest BCUT2D eigenvalue weighted by Crippen LogP contribution is 2.20. The largest absolute Gasteiger partial charge is 0.386 e. The van der Waals surface area contributed by atoms with E-state index < -0.39 is 6.10 Å². The average Bonchev–Trinajstić information content (AvgIpc) is 3.00.